The number of hydrogen-bond donors (Lipinski definition) is 2. The van der Waals surface area contributed by atoms with Gasteiger partial charge in [-0.1, -0.05) is 18.0 Å². The topological polar surface area (TPSA) is 33.3 Å². The van der Waals surface area contributed by atoms with Crippen LogP contribution in [-0.4, -0.2) is 18.3 Å². The number of hydrogen-bond acceptors (Lipinski definition) is 2. The number of ether oxygens (including phenoxy) is 1. The third-order valence-electron chi connectivity index (χ3n) is 4.46. The maximum atomic E-state index is 6.11. The molecule has 1 aromatic carbocycles. The Kier molecular flexibility index (Phi) is 4.03. The number of fused-ring (bicyclic) bond motifs is 2. The maximum absolute atomic E-state index is 6.11. The zero-order valence-corrected chi connectivity index (χ0v) is 13.1. The van der Waals surface area contributed by atoms with E-state index in [2.05, 4.69) is 10.6 Å². The summed E-state index contributed by atoms with van der Waals surface area (Å²) in [6, 6.07) is 6.13. The second-order valence-corrected chi connectivity index (χ2v) is 6.54. The van der Waals surface area contributed by atoms with Crippen LogP contribution in [0, 0.1) is 11.8 Å². The molecule has 0 aliphatic heterocycles. The number of methoxy groups -OCH3 is 1. The third kappa shape index (κ3) is 2.86. The summed E-state index contributed by atoms with van der Waals surface area (Å²) >= 11 is 11.5. The van der Waals surface area contributed by atoms with Crippen LogP contribution in [0.3, 0.4) is 0 Å². The summed E-state index contributed by atoms with van der Waals surface area (Å²) in [5.74, 6) is 2.39. The van der Waals surface area contributed by atoms with Crippen molar-refractivity contribution in [1.29, 1.82) is 0 Å². The molecule has 108 valence electrons. The lowest BCUT2D eigenvalue weighted by Gasteiger charge is -2.24. The Labute approximate surface area is 130 Å². The van der Waals surface area contributed by atoms with Gasteiger partial charge in [-0.05, 0) is 61.5 Å². The van der Waals surface area contributed by atoms with Gasteiger partial charge in [0.25, 0.3) is 0 Å². The largest absolute Gasteiger partial charge is 0.495 e. The summed E-state index contributed by atoms with van der Waals surface area (Å²) in [6.45, 7) is 0. The molecule has 0 spiro atoms. The zero-order chi connectivity index (χ0) is 14.1. The Morgan fingerprint density at radius 3 is 2.80 bits per heavy atom. The summed E-state index contributed by atoms with van der Waals surface area (Å²) < 4.78 is 5.14. The minimum absolute atomic E-state index is 0.544. The van der Waals surface area contributed by atoms with Gasteiger partial charge in [0.2, 0.25) is 0 Å². The maximum Gasteiger partial charge on any atom is 0.171 e. The van der Waals surface area contributed by atoms with Crippen molar-refractivity contribution in [2.75, 3.05) is 12.4 Å². The number of benzene rings is 1. The van der Waals surface area contributed by atoms with Crippen molar-refractivity contribution in [1.82, 2.24) is 5.32 Å². The van der Waals surface area contributed by atoms with E-state index in [-0.39, 0.29) is 0 Å². The summed E-state index contributed by atoms with van der Waals surface area (Å²) in [5, 5.41) is 7.92. The van der Waals surface area contributed by atoms with Gasteiger partial charge in [-0.3, -0.25) is 0 Å². The van der Waals surface area contributed by atoms with Gasteiger partial charge in [0, 0.05) is 11.7 Å². The van der Waals surface area contributed by atoms with Gasteiger partial charge in [0.15, 0.2) is 5.11 Å². The average molecular weight is 311 g/mol. The molecule has 2 aliphatic carbocycles. The van der Waals surface area contributed by atoms with Crippen molar-refractivity contribution < 1.29 is 4.74 Å². The van der Waals surface area contributed by atoms with Gasteiger partial charge in [0.1, 0.15) is 5.75 Å². The highest BCUT2D eigenvalue weighted by Crippen LogP contribution is 2.44. The first-order valence-corrected chi connectivity index (χ1v) is 7.85. The van der Waals surface area contributed by atoms with Crippen molar-refractivity contribution >= 4 is 34.6 Å². The van der Waals surface area contributed by atoms with E-state index >= 15 is 0 Å². The molecule has 5 heteroatoms. The lowest BCUT2D eigenvalue weighted by atomic mass is 9.96. The van der Waals surface area contributed by atoms with Crippen molar-refractivity contribution in [3.05, 3.63) is 23.2 Å². The summed E-state index contributed by atoms with van der Waals surface area (Å²) in [6.07, 6.45) is 5.38. The van der Waals surface area contributed by atoms with Crippen molar-refractivity contribution in [3.63, 3.8) is 0 Å². The van der Waals surface area contributed by atoms with E-state index in [1.54, 1.807) is 7.11 Å². The van der Waals surface area contributed by atoms with Crippen LogP contribution in [0.15, 0.2) is 18.2 Å². The highest BCUT2D eigenvalue weighted by atomic mass is 35.5. The molecule has 2 bridgehead atoms. The van der Waals surface area contributed by atoms with E-state index in [1.807, 2.05) is 18.2 Å². The van der Waals surface area contributed by atoms with Gasteiger partial charge < -0.3 is 15.4 Å². The van der Waals surface area contributed by atoms with E-state index in [0.717, 1.165) is 17.5 Å². The van der Waals surface area contributed by atoms with E-state index < -0.39 is 0 Å². The fourth-order valence-electron chi connectivity index (χ4n) is 3.50. The van der Waals surface area contributed by atoms with Gasteiger partial charge in [0.05, 0.1) is 12.1 Å². The van der Waals surface area contributed by atoms with Gasteiger partial charge in [-0.15, -0.1) is 0 Å². The predicted octanol–water partition coefficient (Wildman–Crippen LogP) is 3.82. The quantitative estimate of drug-likeness (QED) is 0.832. The molecule has 2 N–H and O–H groups in total. The van der Waals surface area contributed by atoms with Gasteiger partial charge >= 0.3 is 0 Å². The van der Waals surface area contributed by atoms with E-state index in [1.165, 1.54) is 25.7 Å². The molecule has 2 saturated carbocycles. The standard InChI is InChI=1S/C15H19ClN2OS/c1-19-14-5-4-11(8-12(14)16)17-15(20)18-13-7-9-2-3-10(13)6-9/h4-5,8-10,13H,2-3,6-7H2,1H3,(H2,17,18,20)/t9-,10+,13-/m0/s1. The Hall–Kier alpha value is -1.00. The Morgan fingerprint density at radius 2 is 2.20 bits per heavy atom. The highest BCUT2D eigenvalue weighted by molar-refractivity contribution is 7.80. The molecule has 3 rings (SSSR count). The fourth-order valence-corrected chi connectivity index (χ4v) is 4.03. The van der Waals surface area contributed by atoms with E-state index in [0.29, 0.717) is 21.9 Å². The van der Waals surface area contributed by atoms with E-state index in [9.17, 15) is 0 Å². The van der Waals surface area contributed by atoms with E-state index in [4.69, 9.17) is 28.6 Å². The average Bonchev–Trinajstić information content (AvgIpc) is 3.01. The zero-order valence-electron chi connectivity index (χ0n) is 11.5. The van der Waals surface area contributed by atoms with Crippen molar-refractivity contribution in [3.8, 4) is 5.75 Å². The molecule has 0 radical (unpaired) electrons. The fraction of sp³-hybridized carbons (Fsp3) is 0.533. The van der Waals surface area contributed by atoms with Crippen LogP contribution in [0.5, 0.6) is 5.75 Å². The highest BCUT2D eigenvalue weighted by Gasteiger charge is 2.39. The molecule has 3 nitrogen and oxygen atoms in total. The minimum Gasteiger partial charge on any atom is -0.495 e. The molecule has 2 fully saturated rings. The number of anilines is 1. The number of nitrogens with one attached hydrogen (secondary N) is 2. The Balaban J connectivity index is 1.57. The lowest BCUT2D eigenvalue weighted by molar-refractivity contribution is 0.392. The molecule has 3 atom stereocenters. The molecule has 0 heterocycles. The second-order valence-electron chi connectivity index (χ2n) is 5.73. The van der Waals surface area contributed by atoms with Crippen LogP contribution < -0.4 is 15.4 Å². The number of halogens is 1. The first-order chi connectivity index (χ1) is 9.65. The van der Waals surface area contributed by atoms with Crippen LogP contribution in [0.25, 0.3) is 0 Å². The van der Waals surface area contributed by atoms with Crippen molar-refractivity contribution in [2.24, 2.45) is 11.8 Å². The van der Waals surface area contributed by atoms with Crippen LogP contribution in [0.1, 0.15) is 25.7 Å². The second kappa shape index (κ2) is 5.78. The summed E-state index contributed by atoms with van der Waals surface area (Å²) in [5.41, 5.74) is 0.886. The molecular weight excluding hydrogens is 292 g/mol. The van der Waals surface area contributed by atoms with Gasteiger partial charge in [-0.2, -0.15) is 0 Å². The van der Waals surface area contributed by atoms with Gasteiger partial charge in [-0.25, -0.2) is 0 Å². The summed E-state index contributed by atoms with van der Waals surface area (Å²) in [4.78, 5) is 0. The Morgan fingerprint density at radius 1 is 1.35 bits per heavy atom. The molecule has 0 saturated heterocycles. The summed E-state index contributed by atoms with van der Waals surface area (Å²) in [7, 11) is 1.61. The monoisotopic (exact) mass is 310 g/mol. The third-order valence-corrected chi connectivity index (χ3v) is 4.98. The molecular formula is C15H19ClN2OS. The van der Waals surface area contributed by atoms with Crippen LogP contribution in [0.4, 0.5) is 5.69 Å². The molecule has 0 aromatic heterocycles. The SMILES string of the molecule is COc1ccc(NC(=S)N[C@H]2C[C@H]3CC[C@@H]2C3)cc1Cl. The Bertz CT molecular complexity index is 523. The molecule has 2 aliphatic rings. The first-order valence-electron chi connectivity index (χ1n) is 7.07. The normalized spacial score (nSPS) is 27.4. The van der Waals surface area contributed by atoms with Crippen LogP contribution >= 0.6 is 23.8 Å². The van der Waals surface area contributed by atoms with Crippen LogP contribution in [-0.2, 0) is 0 Å². The minimum atomic E-state index is 0.544. The lowest BCUT2D eigenvalue weighted by Crippen LogP contribution is -2.40. The molecule has 20 heavy (non-hydrogen) atoms. The van der Waals surface area contributed by atoms with Crippen LogP contribution in [0.2, 0.25) is 5.02 Å². The molecule has 0 unspecified atom stereocenters. The first kappa shape index (κ1) is 14.0. The predicted molar refractivity (Wildman–Crippen MR) is 86.6 cm³/mol. The number of rotatable bonds is 3. The smallest absolute Gasteiger partial charge is 0.171 e. The molecule has 1 aromatic rings. The molecule has 0 amide bonds. The number of thiocarbonyl (C=S) groups is 1. The van der Waals surface area contributed by atoms with Crippen molar-refractivity contribution in [2.45, 2.75) is 31.7 Å².